The van der Waals surface area contributed by atoms with Gasteiger partial charge < -0.3 is 10.6 Å². The SMILES string of the molecule is O=C(Nc1sc2c(c1C(=O)NCCc1ccccc1)CCCC2)c1ccc([N+](=O)[O-])cc1. The third-order valence-electron chi connectivity index (χ3n) is 5.51. The van der Waals surface area contributed by atoms with Crippen LogP contribution in [0.2, 0.25) is 0 Å². The molecule has 4 rings (SSSR count). The molecule has 0 unspecified atom stereocenters. The zero-order chi connectivity index (χ0) is 22.5. The molecule has 7 nitrogen and oxygen atoms in total. The standard InChI is InChI=1S/C24H23N3O4S/c28-22(17-10-12-18(13-11-17)27(30)31)26-24-21(19-8-4-5-9-20(19)32-24)23(29)25-15-14-16-6-2-1-3-7-16/h1-3,6-7,10-13H,4-5,8-9,14-15H2,(H,25,29)(H,26,28). The number of aryl methyl sites for hydroxylation is 1. The molecule has 0 saturated heterocycles. The molecule has 1 aromatic heterocycles. The minimum absolute atomic E-state index is 0.0772. The van der Waals surface area contributed by atoms with Crippen molar-refractivity contribution in [2.24, 2.45) is 0 Å². The van der Waals surface area contributed by atoms with E-state index >= 15 is 0 Å². The summed E-state index contributed by atoms with van der Waals surface area (Å²) in [5.74, 6) is -0.573. The van der Waals surface area contributed by atoms with Crippen LogP contribution < -0.4 is 10.6 Å². The Hall–Kier alpha value is -3.52. The van der Waals surface area contributed by atoms with E-state index < -0.39 is 10.8 Å². The van der Waals surface area contributed by atoms with Crippen molar-refractivity contribution < 1.29 is 14.5 Å². The molecule has 164 valence electrons. The summed E-state index contributed by atoms with van der Waals surface area (Å²) in [5.41, 5.74) is 2.95. The first kappa shape index (κ1) is 21.7. The van der Waals surface area contributed by atoms with Gasteiger partial charge in [-0.1, -0.05) is 30.3 Å². The summed E-state index contributed by atoms with van der Waals surface area (Å²) in [5, 5.41) is 17.3. The lowest BCUT2D eigenvalue weighted by Crippen LogP contribution is -2.27. The second kappa shape index (κ2) is 9.74. The molecule has 2 amide bonds. The monoisotopic (exact) mass is 449 g/mol. The smallest absolute Gasteiger partial charge is 0.269 e. The average molecular weight is 450 g/mol. The molecule has 0 bridgehead atoms. The van der Waals surface area contributed by atoms with Crippen LogP contribution in [0.5, 0.6) is 0 Å². The van der Waals surface area contributed by atoms with E-state index in [4.69, 9.17) is 0 Å². The quantitative estimate of drug-likeness (QED) is 0.401. The number of amides is 2. The largest absolute Gasteiger partial charge is 0.352 e. The highest BCUT2D eigenvalue weighted by Gasteiger charge is 2.26. The zero-order valence-corrected chi connectivity index (χ0v) is 18.2. The highest BCUT2D eigenvalue weighted by atomic mass is 32.1. The summed E-state index contributed by atoms with van der Waals surface area (Å²) in [4.78, 5) is 37.4. The van der Waals surface area contributed by atoms with E-state index in [2.05, 4.69) is 10.6 Å². The number of nitro benzene ring substituents is 1. The van der Waals surface area contributed by atoms with Crippen molar-refractivity contribution in [3.63, 3.8) is 0 Å². The number of rotatable bonds is 7. The number of benzene rings is 2. The van der Waals surface area contributed by atoms with E-state index in [0.29, 0.717) is 22.7 Å². The second-order valence-corrected chi connectivity index (χ2v) is 8.77. The van der Waals surface area contributed by atoms with Gasteiger partial charge in [-0.15, -0.1) is 11.3 Å². The fourth-order valence-electron chi connectivity index (χ4n) is 3.86. The Bertz CT molecular complexity index is 1140. The molecule has 0 radical (unpaired) electrons. The predicted molar refractivity (Wildman–Crippen MR) is 124 cm³/mol. The number of thiophene rings is 1. The van der Waals surface area contributed by atoms with E-state index in [1.165, 1.54) is 35.6 Å². The van der Waals surface area contributed by atoms with Crippen molar-refractivity contribution in [2.75, 3.05) is 11.9 Å². The Morgan fingerprint density at radius 3 is 2.41 bits per heavy atom. The van der Waals surface area contributed by atoms with Gasteiger partial charge in [-0.2, -0.15) is 0 Å². The molecule has 2 N–H and O–H groups in total. The third kappa shape index (κ3) is 4.86. The molecule has 8 heteroatoms. The summed E-state index contributed by atoms with van der Waals surface area (Å²) in [7, 11) is 0. The lowest BCUT2D eigenvalue weighted by molar-refractivity contribution is -0.384. The third-order valence-corrected chi connectivity index (χ3v) is 6.72. The number of fused-ring (bicyclic) bond motifs is 1. The van der Waals surface area contributed by atoms with Crippen molar-refractivity contribution in [1.82, 2.24) is 5.32 Å². The second-order valence-electron chi connectivity index (χ2n) is 7.66. The van der Waals surface area contributed by atoms with E-state index in [1.54, 1.807) is 0 Å². The van der Waals surface area contributed by atoms with Gasteiger partial charge >= 0.3 is 0 Å². The molecule has 1 heterocycles. The molecule has 1 aliphatic rings. The van der Waals surface area contributed by atoms with Crippen LogP contribution in [0.3, 0.4) is 0 Å². The molecule has 2 aromatic carbocycles. The van der Waals surface area contributed by atoms with Crippen LogP contribution in [0.1, 0.15) is 49.6 Å². The van der Waals surface area contributed by atoms with Gasteiger partial charge in [0.15, 0.2) is 0 Å². The van der Waals surface area contributed by atoms with Gasteiger partial charge in [0.25, 0.3) is 17.5 Å². The fourth-order valence-corrected chi connectivity index (χ4v) is 5.14. The summed E-state index contributed by atoms with van der Waals surface area (Å²) in [6.45, 7) is 0.503. The zero-order valence-electron chi connectivity index (χ0n) is 17.4. The van der Waals surface area contributed by atoms with Crippen LogP contribution in [0.25, 0.3) is 0 Å². The molecular formula is C24H23N3O4S. The van der Waals surface area contributed by atoms with Gasteiger partial charge in [0.2, 0.25) is 0 Å². The van der Waals surface area contributed by atoms with Crippen LogP contribution in [0.4, 0.5) is 10.7 Å². The summed E-state index contributed by atoms with van der Waals surface area (Å²) < 4.78 is 0. The Morgan fingerprint density at radius 1 is 0.969 bits per heavy atom. The van der Waals surface area contributed by atoms with Gasteiger partial charge in [-0.3, -0.25) is 19.7 Å². The summed E-state index contributed by atoms with van der Waals surface area (Å²) >= 11 is 1.45. The van der Waals surface area contributed by atoms with Crippen LogP contribution in [0, 0.1) is 10.1 Å². The molecular weight excluding hydrogens is 426 g/mol. The number of nitrogens with one attached hydrogen (secondary N) is 2. The molecule has 3 aromatic rings. The van der Waals surface area contributed by atoms with E-state index in [-0.39, 0.29) is 11.6 Å². The minimum Gasteiger partial charge on any atom is -0.352 e. The number of nitro groups is 1. The molecule has 0 fully saturated rings. The van der Waals surface area contributed by atoms with Gasteiger partial charge in [-0.25, -0.2) is 0 Å². The number of hydrogen-bond acceptors (Lipinski definition) is 5. The summed E-state index contributed by atoms with van der Waals surface area (Å²) in [6.07, 6.45) is 4.53. The first-order valence-corrected chi connectivity index (χ1v) is 11.4. The number of nitrogens with zero attached hydrogens (tertiary/aromatic N) is 1. The van der Waals surface area contributed by atoms with Crippen LogP contribution in [-0.2, 0) is 19.3 Å². The topological polar surface area (TPSA) is 101 Å². The Balaban J connectivity index is 1.51. The van der Waals surface area contributed by atoms with Crippen LogP contribution in [0.15, 0.2) is 54.6 Å². The molecule has 0 spiro atoms. The van der Waals surface area contributed by atoms with Gasteiger partial charge in [-0.05, 0) is 55.4 Å². The maximum atomic E-state index is 13.1. The lowest BCUT2D eigenvalue weighted by Gasteiger charge is -2.13. The van der Waals surface area contributed by atoms with Crippen molar-refractivity contribution in [3.8, 4) is 0 Å². The van der Waals surface area contributed by atoms with Gasteiger partial charge in [0.1, 0.15) is 5.00 Å². The highest BCUT2D eigenvalue weighted by molar-refractivity contribution is 7.17. The number of carbonyl (C=O) groups is 2. The molecule has 0 atom stereocenters. The lowest BCUT2D eigenvalue weighted by atomic mass is 9.95. The number of non-ortho nitro benzene ring substituents is 1. The first-order chi connectivity index (χ1) is 15.5. The Morgan fingerprint density at radius 2 is 1.69 bits per heavy atom. The number of hydrogen-bond donors (Lipinski definition) is 2. The maximum Gasteiger partial charge on any atom is 0.269 e. The molecule has 0 aliphatic heterocycles. The maximum absolute atomic E-state index is 13.1. The van der Waals surface area contributed by atoms with Crippen LogP contribution in [-0.4, -0.2) is 23.3 Å². The van der Waals surface area contributed by atoms with Crippen LogP contribution >= 0.6 is 11.3 Å². The predicted octanol–water partition coefficient (Wildman–Crippen LogP) is 4.76. The first-order valence-electron chi connectivity index (χ1n) is 10.6. The molecule has 0 saturated carbocycles. The number of anilines is 1. The van der Waals surface area contributed by atoms with Crippen molar-refractivity contribution in [3.05, 3.63) is 91.8 Å². The highest BCUT2D eigenvalue weighted by Crippen LogP contribution is 2.38. The Labute approximate surface area is 189 Å². The number of carbonyl (C=O) groups excluding carboxylic acids is 2. The van der Waals surface area contributed by atoms with Gasteiger partial charge in [0, 0.05) is 29.1 Å². The van der Waals surface area contributed by atoms with Crippen molar-refractivity contribution in [1.29, 1.82) is 0 Å². The normalized spacial score (nSPS) is 12.6. The average Bonchev–Trinajstić information content (AvgIpc) is 3.17. The van der Waals surface area contributed by atoms with Crippen molar-refractivity contribution >= 4 is 33.8 Å². The molecule has 32 heavy (non-hydrogen) atoms. The van der Waals surface area contributed by atoms with E-state index in [9.17, 15) is 19.7 Å². The van der Waals surface area contributed by atoms with Crippen molar-refractivity contribution in [2.45, 2.75) is 32.1 Å². The minimum atomic E-state index is -0.507. The summed E-state index contributed by atoms with van der Waals surface area (Å²) in [6, 6.07) is 15.4. The Kier molecular flexibility index (Phi) is 6.61. The molecule has 1 aliphatic carbocycles. The fraction of sp³-hybridized carbons (Fsp3) is 0.250. The van der Waals surface area contributed by atoms with Gasteiger partial charge in [0.05, 0.1) is 10.5 Å². The van der Waals surface area contributed by atoms with E-state index in [1.807, 2.05) is 30.3 Å². The van der Waals surface area contributed by atoms with E-state index in [0.717, 1.165) is 48.1 Å².